The number of aromatic nitrogens is 5. The van der Waals surface area contributed by atoms with Crippen LogP contribution in [0, 0.1) is 0 Å². The first-order valence-corrected chi connectivity index (χ1v) is 7.14. The Morgan fingerprint density at radius 2 is 2.05 bits per heavy atom. The third kappa shape index (κ3) is 2.84. The molecule has 6 heteroatoms. The van der Waals surface area contributed by atoms with Crippen LogP contribution in [0.3, 0.4) is 0 Å². The minimum atomic E-state index is -0.217. The highest BCUT2D eigenvalue weighted by Gasteiger charge is 2.11. The van der Waals surface area contributed by atoms with Gasteiger partial charge in [0.15, 0.2) is 11.2 Å². The lowest BCUT2D eigenvalue weighted by Crippen LogP contribution is -2.13. The Balaban J connectivity index is 1.99. The highest BCUT2D eigenvalue weighted by molar-refractivity contribution is 5.68. The van der Waals surface area contributed by atoms with Gasteiger partial charge in [0.25, 0.3) is 5.56 Å². The third-order valence-corrected chi connectivity index (χ3v) is 3.37. The molecule has 6 nitrogen and oxygen atoms in total. The van der Waals surface area contributed by atoms with Crippen LogP contribution >= 0.6 is 0 Å². The average Bonchev–Trinajstić information content (AvgIpc) is 2.90. The van der Waals surface area contributed by atoms with E-state index in [9.17, 15) is 4.79 Å². The fraction of sp³-hybridized carbons (Fsp3) is 0.333. The molecule has 0 spiro atoms. The van der Waals surface area contributed by atoms with Gasteiger partial charge in [0.05, 0.1) is 6.54 Å². The van der Waals surface area contributed by atoms with Crippen molar-refractivity contribution in [3.8, 4) is 0 Å². The predicted molar refractivity (Wildman–Crippen MR) is 80.1 cm³/mol. The van der Waals surface area contributed by atoms with Gasteiger partial charge in [-0.1, -0.05) is 48.9 Å². The second kappa shape index (κ2) is 5.87. The first-order valence-electron chi connectivity index (χ1n) is 7.14. The van der Waals surface area contributed by atoms with Crippen molar-refractivity contribution < 1.29 is 0 Å². The summed E-state index contributed by atoms with van der Waals surface area (Å²) in [6.07, 6.45) is 2.82. The maximum atomic E-state index is 12.0. The van der Waals surface area contributed by atoms with Crippen molar-refractivity contribution in [3.05, 3.63) is 52.1 Å². The summed E-state index contributed by atoms with van der Waals surface area (Å²) in [5.41, 5.74) is 1.73. The van der Waals surface area contributed by atoms with Crippen LogP contribution in [0.15, 0.2) is 35.1 Å². The smallest absolute Gasteiger partial charge is 0.281 e. The quantitative estimate of drug-likeness (QED) is 0.776. The molecule has 0 saturated carbocycles. The van der Waals surface area contributed by atoms with Gasteiger partial charge in [-0.25, -0.2) is 9.67 Å². The van der Waals surface area contributed by atoms with Gasteiger partial charge >= 0.3 is 0 Å². The Morgan fingerprint density at radius 1 is 1.24 bits per heavy atom. The summed E-state index contributed by atoms with van der Waals surface area (Å²) in [6, 6.07) is 9.94. The first kappa shape index (κ1) is 13.5. The minimum Gasteiger partial charge on any atom is -0.308 e. The van der Waals surface area contributed by atoms with Crippen LogP contribution in [0.25, 0.3) is 11.2 Å². The molecule has 0 radical (unpaired) electrons. The molecule has 21 heavy (non-hydrogen) atoms. The van der Waals surface area contributed by atoms with Gasteiger partial charge in [0.2, 0.25) is 0 Å². The monoisotopic (exact) mass is 283 g/mol. The average molecular weight is 283 g/mol. The van der Waals surface area contributed by atoms with Gasteiger partial charge in [-0.3, -0.25) is 4.79 Å². The van der Waals surface area contributed by atoms with Crippen LogP contribution in [0.1, 0.15) is 31.2 Å². The number of hydrogen-bond acceptors (Lipinski definition) is 4. The Bertz CT molecular complexity index is 791. The molecule has 108 valence electrons. The Morgan fingerprint density at radius 3 is 2.81 bits per heavy atom. The molecule has 3 rings (SSSR count). The van der Waals surface area contributed by atoms with E-state index < -0.39 is 0 Å². The molecule has 2 aromatic heterocycles. The predicted octanol–water partition coefficient (Wildman–Crippen LogP) is 1.91. The van der Waals surface area contributed by atoms with Crippen molar-refractivity contribution in [1.82, 2.24) is 25.0 Å². The zero-order valence-electron chi connectivity index (χ0n) is 11.9. The molecule has 0 aliphatic carbocycles. The second-order valence-corrected chi connectivity index (χ2v) is 5.02. The molecular formula is C15H17N5O. The molecule has 0 amide bonds. The van der Waals surface area contributed by atoms with Gasteiger partial charge in [0.1, 0.15) is 5.82 Å². The molecule has 0 saturated heterocycles. The van der Waals surface area contributed by atoms with Crippen LogP contribution in [0.5, 0.6) is 0 Å². The van der Waals surface area contributed by atoms with Gasteiger partial charge in [-0.15, -0.1) is 5.10 Å². The van der Waals surface area contributed by atoms with Crippen molar-refractivity contribution in [2.45, 2.75) is 32.7 Å². The lowest BCUT2D eigenvalue weighted by atomic mass is 10.2. The maximum absolute atomic E-state index is 12.0. The van der Waals surface area contributed by atoms with Crippen LogP contribution in [0.4, 0.5) is 0 Å². The van der Waals surface area contributed by atoms with Crippen molar-refractivity contribution in [2.24, 2.45) is 0 Å². The lowest BCUT2D eigenvalue weighted by Gasteiger charge is -2.03. The van der Waals surface area contributed by atoms with E-state index in [4.69, 9.17) is 0 Å². The summed E-state index contributed by atoms with van der Waals surface area (Å²) in [5.74, 6) is 0.700. The third-order valence-electron chi connectivity index (χ3n) is 3.37. The first-order chi connectivity index (χ1) is 10.3. The second-order valence-electron chi connectivity index (χ2n) is 5.02. The van der Waals surface area contributed by atoms with E-state index in [2.05, 4.69) is 27.2 Å². The van der Waals surface area contributed by atoms with Crippen molar-refractivity contribution in [1.29, 1.82) is 0 Å². The molecule has 0 unspecified atom stereocenters. The van der Waals surface area contributed by atoms with E-state index in [-0.39, 0.29) is 5.56 Å². The Labute approximate surface area is 121 Å². The zero-order chi connectivity index (χ0) is 14.7. The van der Waals surface area contributed by atoms with Gasteiger partial charge in [-0.05, 0) is 12.0 Å². The SMILES string of the molecule is CCCCc1nc2c(nnn2Cc2ccccc2)c(=O)[nH]1. The molecule has 3 aromatic rings. The van der Waals surface area contributed by atoms with Crippen LogP contribution < -0.4 is 5.56 Å². The number of aromatic amines is 1. The largest absolute Gasteiger partial charge is 0.308 e. The number of rotatable bonds is 5. The standard InChI is InChI=1S/C15H17N5O/c1-2-3-9-12-16-14-13(15(21)17-12)18-19-20(14)10-11-7-5-4-6-8-11/h4-8H,2-3,9-10H2,1H3,(H,16,17,21). The lowest BCUT2D eigenvalue weighted by molar-refractivity contribution is 0.661. The number of nitrogens with zero attached hydrogens (tertiary/aromatic N) is 4. The molecule has 1 aromatic carbocycles. The van der Waals surface area contributed by atoms with Gasteiger partial charge in [0, 0.05) is 6.42 Å². The van der Waals surface area contributed by atoms with E-state index in [0.717, 1.165) is 24.8 Å². The molecular weight excluding hydrogens is 266 g/mol. The number of fused-ring (bicyclic) bond motifs is 1. The summed E-state index contributed by atoms with van der Waals surface area (Å²) in [5, 5.41) is 8.00. The van der Waals surface area contributed by atoms with E-state index in [1.54, 1.807) is 4.68 Å². The van der Waals surface area contributed by atoms with Crippen LogP contribution in [-0.2, 0) is 13.0 Å². The highest BCUT2D eigenvalue weighted by Crippen LogP contribution is 2.08. The molecule has 0 bridgehead atoms. The Hall–Kier alpha value is -2.50. The van der Waals surface area contributed by atoms with E-state index in [1.807, 2.05) is 30.3 Å². The normalized spacial score (nSPS) is 11.1. The summed E-state index contributed by atoms with van der Waals surface area (Å²) >= 11 is 0. The van der Waals surface area contributed by atoms with E-state index in [1.165, 1.54) is 0 Å². The summed E-state index contributed by atoms with van der Waals surface area (Å²) in [6.45, 7) is 2.67. The van der Waals surface area contributed by atoms with Crippen molar-refractivity contribution >= 4 is 11.2 Å². The minimum absolute atomic E-state index is 0.217. The fourth-order valence-corrected chi connectivity index (χ4v) is 2.24. The molecule has 0 fully saturated rings. The van der Waals surface area contributed by atoms with E-state index >= 15 is 0 Å². The molecule has 2 heterocycles. The summed E-state index contributed by atoms with van der Waals surface area (Å²) in [4.78, 5) is 19.3. The number of nitrogens with one attached hydrogen (secondary N) is 1. The number of aryl methyl sites for hydroxylation is 1. The Kier molecular flexibility index (Phi) is 3.77. The van der Waals surface area contributed by atoms with Crippen molar-refractivity contribution in [3.63, 3.8) is 0 Å². The number of unbranched alkanes of at least 4 members (excludes halogenated alkanes) is 1. The number of benzene rings is 1. The molecule has 0 aliphatic rings. The highest BCUT2D eigenvalue weighted by atomic mass is 16.1. The fourth-order valence-electron chi connectivity index (χ4n) is 2.24. The van der Waals surface area contributed by atoms with Crippen LogP contribution in [-0.4, -0.2) is 25.0 Å². The van der Waals surface area contributed by atoms with Crippen LogP contribution in [0.2, 0.25) is 0 Å². The molecule has 0 aliphatic heterocycles. The van der Waals surface area contributed by atoms with Gasteiger partial charge < -0.3 is 4.98 Å². The van der Waals surface area contributed by atoms with Crippen molar-refractivity contribution in [2.75, 3.05) is 0 Å². The molecule has 0 atom stereocenters. The van der Waals surface area contributed by atoms with Gasteiger partial charge in [-0.2, -0.15) is 0 Å². The number of H-pyrrole nitrogens is 1. The zero-order valence-corrected chi connectivity index (χ0v) is 11.9. The maximum Gasteiger partial charge on any atom is 0.281 e. The molecule has 1 N–H and O–H groups in total. The summed E-state index contributed by atoms with van der Waals surface area (Å²) < 4.78 is 1.68. The topological polar surface area (TPSA) is 76.5 Å². The number of hydrogen-bond donors (Lipinski definition) is 1. The summed E-state index contributed by atoms with van der Waals surface area (Å²) in [7, 11) is 0. The van der Waals surface area contributed by atoms with E-state index in [0.29, 0.717) is 23.5 Å².